The molecular formula is C31H44O. The summed E-state index contributed by atoms with van der Waals surface area (Å²) >= 11 is 0. The number of aryl methyl sites for hydroxylation is 3. The summed E-state index contributed by atoms with van der Waals surface area (Å²) in [6, 6.07) is 16.2. The third-order valence-corrected chi connectivity index (χ3v) is 7.29. The fourth-order valence-corrected chi connectivity index (χ4v) is 5.23. The van der Waals surface area contributed by atoms with Crippen LogP contribution in [-0.2, 0) is 25.7 Å². The lowest BCUT2D eigenvalue weighted by atomic mass is 9.77. The highest BCUT2D eigenvalue weighted by molar-refractivity contribution is 5.37. The first-order valence-corrected chi connectivity index (χ1v) is 13.1. The highest BCUT2D eigenvalue weighted by atomic mass is 16.5. The molecule has 0 bridgehead atoms. The largest absolute Gasteiger partial charge is 0.496 e. The molecule has 3 rings (SSSR count). The molecule has 0 aliphatic heterocycles. The summed E-state index contributed by atoms with van der Waals surface area (Å²) in [5.74, 6) is 2.90. The van der Waals surface area contributed by atoms with Gasteiger partial charge in [-0.3, -0.25) is 0 Å². The molecule has 2 aromatic rings. The second-order valence-corrected chi connectivity index (χ2v) is 9.76. The number of benzene rings is 2. The Labute approximate surface area is 197 Å². The van der Waals surface area contributed by atoms with Crippen LogP contribution in [0, 0.1) is 11.8 Å². The van der Waals surface area contributed by atoms with Crippen LogP contribution in [0.1, 0.15) is 87.5 Å². The number of hydrogen-bond acceptors (Lipinski definition) is 1. The van der Waals surface area contributed by atoms with Crippen LogP contribution in [-0.4, -0.2) is 7.11 Å². The second-order valence-electron chi connectivity index (χ2n) is 9.76. The maximum Gasteiger partial charge on any atom is 0.122 e. The molecule has 0 heterocycles. The molecule has 1 saturated carbocycles. The van der Waals surface area contributed by atoms with Crippen molar-refractivity contribution in [3.63, 3.8) is 0 Å². The Kier molecular flexibility index (Phi) is 10.4. The molecule has 1 nitrogen and oxygen atoms in total. The molecule has 0 saturated heterocycles. The zero-order chi connectivity index (χ0) is 22.6. The van der Waals surface area contributed by atoms with Crippen LogP contribution in [0.5, 0.6) is 5.75 Å². The lowest BCUT2D eigenvalue weighted by Crippen LogP contribution is -2.16. The normalized spacial score (nSPS) is 18.8. The Morgan fingerprint density at radius 2 is 1.34 bits per heavy atom. The minimum atomic E-state index is 0.915. The highest BCUT2D eigenvalue weighted by Crippen LogP contribution is 2.34. The van der Waals surface area contributed by atoms with E-state index in [9.17, 15) is 0 Å². The van der Waals surface area contributed by atoms with E-state index < -0.39 is 0 Å². The molecular weight excluding hydrogens is 388 g/mol. The maximum absolute atomic E-state index is 5.54. The Morgan fingerprint density at radius 1 is 0.750 bits per heavy atom. The summed E-state index contributed by atoms with van der Waals surface area (Å²) in [5.41, 5.74) is 5.81. The molecule has 0 amide bonds. The summed E-state index contributed by atoms with van der Waals surface area (Å²) in [6.45, 7) is 4.43. The van der Waals surface area contributed by atoms with Crippen LogP contribution in [0.2, 0.25) is 0 Å². The van der Waals surface area contributed by atoms with Crippen molar-refractivity contribution in [3.05, 3.63) is 76.9 Å². The first-order chi connectivity index (χ1) is 15.7. The van der Waals surface area contributed by atoms with Gasteiger partial charge in [-0.05, 0) is 85.1 Å². The van der Waals surface area contributed by atoms with E-state index in [-0.39, 0.29) is 0 Å². The van der Waals surface area contributed by atoms with Crippen molar-refractivity contribution in [3.8, 4) is 5.75 Å². The quantitative estimate of drug-likeness (QED) is 0.305. The second kappa shape index (κ2) is 13.5. The van der Waals surface area contributed by atoms with Gasteiger partial charge in [-0.25, -0.2) is 0 Å². The van der Waals surface area contributed by atoms with Gasteiger partial charge >= 0.3 is 0 Å². The van der Waals surface area contributed by atoms with Crippen LogP contribution >= 0.6 is 0 Å². The minimum Gasteiger partial charge on any atom is -0.496 e. The van der Waals surface area contributed by atoms with Crippen molar-refractivity contribution < 1.29 is 4.74 Å². The lowest BCUT2D eigenvalue weighted by molar-refractivity contribution is 0.253. The summed E-state index contributed by atoms with van der Waals surface area (Å²) in [5, 5.41) is 0. The Morgan fingerprint density at radius 3 is 1.94 bits per heavy atom. The van der Waals surface area contributed by atoms with E-state index in [1.54, 1.807) is 7.11 Å². The Balaban J connectivity index is 1.37. The zero-order valence-electron chi connectivity index (χ0n) is 20.7. The first kappa shape index (κ1) is 24.6. The van der Waals surface area contributed by atoms with Crippen LogP contribution in [0.3, 0.4) is 0 Å². The van der Waals surface area contributed by atoms with Gasteiger partial charge in [0.05, 0.1) is 7.11 Å². The Bertz CT molecular complexity index is 809. The predicted molar refractivity (Wildman–Crippen MR) is 139 cm³/mol. The van der Waals surface area contributed by atoms with Gasteiger partial charge in [0, 0.05) is 0 Å². The predicted octanol–water partition coefficient (Wildman–Crippen LogP) is 8.53. The molecule has 1 heteroatoms. The molecule has 0 N–H and O–H groups in total. The molecule has 0 radical (unpaired) electrons. The van der Waals surface area contributed by atoms with Crippen molar-refractivity contribution in [2.24, 2.45) is 11.8 Å². The van der Waals surface area contributed by atoms with Gasteiger partial charge in [-0.1, -0.05) is 94.5 Å². The monoisotopic (exact) mass is 432 g/mol. The zero-order valence-corrected chi connectivity index (χ0v) is 20.7. The lowest BCUT2D eigenvalue weighted by Gasteiger charge is -2.28. The maximum atomic E-state index is 5.54. The van der Waals surface area contributed by atoms with Crippen LogP contribution in [0.15, 0.2) is 54.6 Å². The summed E-state index contributed by atoms with van der Waals surface area (Å²) < 4.78 is 5.54. The molecule has 2 aromatic carbocycles. The van der Waals surface area contributed by atoms with Gasteiger partial charge in [-0.15, -0.1) is 0 Å². The van der Waals surface area contributed by atoms with E-state index in [1.165, 1.54) is 80.0 Å². The smallest absolute Gasteiger partial charge is 0.122 e. The van der Waals surface area contributed by atoms with Crippen LogP contribution in [0.4, 0.5) is 0 Å². The van der Waals surface area contributed by atoms with Crippen molar-refractivity contribution in [2.75, 3.05) is 7.11 Å². The van der Waals surface area contributed by atoms with Gasteiger partial charge in [0.1, 0.15) is 5.75 Å². The fraction of sp³-hybridized carbons (Fsp3) is 0.548. The van der Waals surface area contributed by atoms with Gasteiger partial charge in [-0.2, -0.15) is 0 Å². The third kappa shape index (κ3) is 7.84. The third-order valence-electron chi connectivity index (χ3n) is 7.29. The van der Waals surface area contributed by atoms with Crippen molar-refractivity contribution >= 4 is 0 Å². The molecule has 174 valence electrons. The average Bonchev–Trinajstić information content (AvgIpc) is 2.83. The summed E-state index contributed by atoms with van der Waals surface area (Å²) in [4.78, 5) is 0. The van der Waals surface area contributed by atoms with Crippen molar-refractivity contribution in [1.29, 1.82) is 0 Å². The molecule has 1 fully saturated rings. The van der Waals surface area contributed by atoms with Crippen LogP contribution < -0.4 is 4.74 Å². The highest BCUT2D eigenvalue weighted by Gasteiger charge is 2.21. The minimum absolute atomic E-state index is 0.915. The van der Waals surface area contributed by atoms with Gasteiger partial charge in [0.2, 0.25) is 0 Å². The van der Waals surface area contributed by atoms with Crippen molar-refractivity contribution in [2.45, 2.75) is 90.9 Å². The standard InChI is InChI=1S/C31H44O/c1-4-6-7-9-25-10-12-26(13-11-25)14-15-27-16-18-28(19-17-27)20-21-29-22-23-31(32-3)30(24-29)8-5-2/h6-7,10-13,22-24,27-28H,4-5,8-9,14-21H2,1-3H3/b7-6+. The molecule has 0 unspecified atom stereocenters. The molecule has 0 spiro atoms. The number of allylic oxidation sites excluding steroid dienone is 2. The number of hydrogen-bond donors (Lipinski definition) is 0. The van der Waals surface area contributed by atoms with Crippen molar-refractivity contribution in [1.82, 2.24) is 0 Å². The SMILES string of the molecule is CC/C=C/Cc1ccc(CCC2CCC(CCc3ccc(OC)c(CCC)c3)CC2)cc1. The average molecular weight is 433 g/mol. The van der Waals surface area contributed by atoms with E-state index >= 15 is 0 Å². The van der Waals surface area contributed by atoms with Crippen LogP contribution in [0.25, 0.3) is 0 Å². The topological polar surface area (TPSA) is 9.23 Å². The van der Waals surface area contributed by atoms with Gasteiger partial charge in [0.15, 0.2) is 0 Å². The van der Waals surface area contributed by atoms with E-state index in [2.05, 4.69) is 68.5 Å². The fourth-order valence-electron chi connectivity index (χ4n) is 5.23. The van der Waals surface area contributed by atoms with E-state index in [1.807, 2.05) is 0 Å². The Hall–Kier alpha value is -2.02. The number of ether oxygens (including phenoxy) is 1. The summed E-state index contributed by atoms with van der Waals surface area (Å²) in [7, 11) is 1.79. The molecule has 32 heavy (non-hydrogen) atoms. The molecule has 0 aromatic heterocycles. The number of rotatable bonds is 12. The summed E-state index contributed by atoms with van der Waals surface area (Å²) in [6.07, 6.45) is 19.9. The first-order valence-electron chi connectivity index (χ1n) is 13.1. The molecule has 1 aliphatic carbocycles. The molecule has 1 aliphatic rings. The van der Waals surface area contributed by atoms with E-state index in [4.69, 9.17) is 4.74 Å². The van der Waals surface area contributed by atoms with E-state index in [0.717, 1.165) is 36.8 Å². The molecule has 0 atom stereocenters. The van der Waals surface area contributed by atoms with E-state index in [0.29, 0.717) is 0 Å². The number of methoxy groups -OCH3 is 1. The van der Waals surface area contributed by atoms with Gasteiger partial charge in [0.25, 0.3) is 0 Å². The van der Waals surface area contributed by atoms with Gasteiger partial charge < -0.3 is 4.74 Å².